The molecule has 0 aromatic heterocycles. The van der Waals surface area contributed by atoms with E-state index in [2.05, 4.69) is 72.8 Å². The maximum atomic E-state index is 13.0. The van der Waals surface area contributed by atoms with E-state index in [-0.39, 0.29) is 25.7 Å². The highest BCUT2D eigenvalue weighted by Gasteiger charge is 2.30. The number of hydrogen-bond acceptors (Lipinski definition) is 15. The Morgan fingerprint density at radius 3 is 1.02 bits per heavy atom. The molecule has 19 heteroatoms. The second kappa shape index (κ2) is 58.6. The third-order valence-electron chi connectivity index (χ3n) is 15.4. The maximum absolute atomic E-state index is 13.0. The lowest BCUT2D eigenvalue weighted by molar-refractivity contribution is -0.161. The van der Waals surface area contributed by atoms with Gasteiger partial charge in [-0.1, -0.05) is 259 Å². The normalized spacial score (nSPS) is 14.8. The third kappa shape index (κ3) is 60.9. The molecule has 0 bridgehead atoms. The van der Waals surface area contributed by atoms with Gasteiger partial charge in [0.1, 0.15) is 19.3 Å². The Kier molecular flexibility index (Phi) is 57.0. The zero-order valence-corrected chi connectivity index (χ0v) is 57.7. The minimum atomic E-state index is -4.95. The van der Waals surface area contributed by atoms with E-state index in [1.54, 1.807) is 0 Å². The Hall–Kier alpha value is -2.46. The predicted octanol–water partition coefficient (Wildman–Crippen LogP) is 18.6. The Bertz CT molecular complexity index is 1810. The molecule has 0 saturated heterocycles. The van der Waals surface area contributed by atoms with Crippen LogP contribution in [0.5, 0.6) is 0 Å². The van der Waals surface area contributed by atoms with Crippen LogP contribution in [0.25, 0.3) is 0 Å². The number of phosphoric ester groups is 2. The van der Waals surface area contributed by atoms with Gasteiger partial charge in [-0.05, 0) is 69.1 Å². The number of unbranched alkanes of at least 4 members (excludes halogenated alkanes) is 28. The smallest absolute Gasteiger partial charge is 0.462 e. The van der Waals surface area contributed by atoms with Crippen LogP contribution in [-0.4, -0.2) is 96.7 Å². The number of carbonyl (C=O) groups excluding carboxylic acids is 4. The van der Waals surface area contributed by atoms with Gasteiger partial charge in [-0.2, -0.15) is 0 Å². The maximum Gasteiger partial charge on any atom is 0.472 e. The van der Waals surface area contributed by atoms with Crippen molar-refractivity contribution in [2.45, 2.75) is 330 Å². The molecule has 0 radical (unpaired) electrons. The number of carbonyl (C=O) groups is 4. The van der Waals surface area contributed by atoms with Gasteiger partial charge in [0, 0.05) is 25.7 Å². The van der Waals surface area contributed by atoms with E-state index in [4.69, 9.17) is 37.0 Å². The number of aliphatic hydroxyl groups is 1. The molecule has 0 aromatic rings. The average molecular weight is 1280 g/mol. The van der Waals surface area contributed by atoms with Gasteiger partial charge in [0.25, 0.3) is 0 Å². The van der Waals surface area contributed by atoms with E-state index in [0.29, 0.717) is 31.6 Å². The molecular weight excluding hydrogens is 1150 g/mol. The highest BCUT2D eigenvalue weighted by molar-refractivity contribution is 7.47. The molecule has 0 heterocycles. The van der Waals surface area contributed by atoms with Gasteiger partial charge in [0.15, 0.2) is 12.2 Å². The monoisotopic (exact) mass is 1280 g/mol. The standard InChI is InChI=1S/C68H128O17P2/c1-8-10-11-12-13-14-15-16-17-18-19-20-27-35-42-49-65(70)78-56-64(85-68(73)52-45-38-31-30-33-40-47-60(5)6)58-83-87(76,77)81-54-62(69)53-80-86(74,75)82-57-63(55-79-66(71)50-43-36-28-23-21-25-32-39-46-59(3)4)84-67(72)51-44-37-29-24-22-26-34-41-48-61(7)9-2/h14-17,59-64,69H,8-13,18-58H2,1-7H3,(H,74,75)(H,76,77)/b15-14-,17-16-/t61?,62?,63-,64-/m1/s1. The fourth-order valence-corrected chi connectivity index (χ4v) is 11.2. The summed E-state index contributed by atoms with van der Waals surface area (Å²) in [7, 11) is -9.91. The van der Waals surface area contributed by atoms with Gasteiger partial charge >= 0.3 is 39.5 Å². The summed E-state index contributed by atoms with van der Waals surface area (Å²) in [6, 6.07) is 0. The summed E-state index contributed by atoms with van der Waals surface area (Å²) < 4.78 is 68.1. The molecule has 0 spiro atoms. The second-order valence-electron chi connectivity index (χ2n) is 25.1. The van der Waals surface area contributed by atoms with Gasteiger partial charge in [-0.3, -0.25) is 37.3 Å². The lowest BCUT2D eigenvalue weighted by Crippen LogP contribution is -2.30. The van der Waals surface area contributed by atoms with Crippen molar-refractivity contribution in [3.63, 3.8) is 0 Å². The fourth-order valence-electron chi connectivity index (χ4n) is 9.61. The lowest BCUT2D eigenvalue weighted by atomic mass is 9.99. The molecule has 0 aliphatic carbocycles. The van der Waals surface area contributed by atoms with Crippen molar-refractivity contribution < 1.29 is 80.2 Å². The molecule has 0 aliphatic rings. The van der Waals surface area contributed by atoms with Crippen molar-refractivity contribution in [3.05, 3.63) is 24.3 Å². The Morgan fingerprint density at radius 1 is 0.379 bits per heavy atom. The molecule has 0 aromatic carbocycles. The van der Waals surface area contributed by atoms with Crippen LogP contribution in [0, 0.1) is 17.8 Å². The van der Waals surface area contributed by atoms with Crippen LogP contribution in [0.4, 0.5) is 0 Å². The summed E-state index contributed by atoms with van der Waals surface area (Å²) in [6.45, 7) is 11.6. The summed E-state index contributed by atoms with van der Waals surface area (Å²) in [5.74, 6) is -0.00807. The second-order valence-corrected chi connectivity index (χ2v) is 28.0. The Morgan fingerprint density at radius 2 is 0.678 bits per heavy atom. The minimum absolute atomic E-state index is 0.0947. The molecule has 17 nitrogen and oxygen atoms in total. The molecule has 3 N–H and O–H groups in total. The van der Waals surface area contributed by atoms with Gasteiger partial charge in [0.05, 0.1) is 26.4 Å². The van der Waals surface area contributed by atoms with Crippen molar-refractivity contribution in [2.75, 3.05) is 39.6 Å². The van der Waals surface area contributed by atoms with Crippen molar-refractivity contribution >= 4 is 39.5 Å². The van der Waals surface area contributed by atoms with Crippen LogP contribution in [0.1, 0.15) is 312 Å². The summed E-state index contributed by atoms with van der Waals surface area (Å²) in [5.41, 5.74) is 0. The third-order valence-corrected chi connectivity index (χ3v) is 17.3. The first-order valence-corrected chi connectivity index (χ1v) is 37.7. The van der Waals surface area contributed by atoms with Crippen molar-refractivity contribution in [2.24, 2.45) is 17.8 Å². The fraction of sp³-hybridized carbons (Fsp3) is 0.882. The molecule has 0 amide bonds. The topological polar surface area (TPSA) is 237 Å². The van der Waals surface area contributed by atoms with Crippen molar-refractivity contribution in [1.82, 2.24) is 0 Å². The van der Waals surface area contributed by atoms with Crippen LogP contribution >= 0.6 is 15.6 Å². The molecule has 0 fully saturated rings. The largest absolute Gasteiger partial charge is 0.472 e. The molecule has 0 aliphatic heterocycles. The zero-order valence-electron chi connectivity index (χ0n) is 56.0. The van der Waals surface area contributed by atoms with Crippen molar-refractivity contribution in [1.29, 1.82) is 0 Å². The molecule has 512 valence electrons. The van der Waals surface area contributed by atoms with Crippen LogP contribution in [0.15, 0.2) is 24.3 Å². The number of phosphoric acid groups is 2. The first-order chi connectivity index (χ1) is 41.8. The molecule has 6 atom stereocenters. The number of aliphatic hydroxyl groups excluding tert-OH is 1. The average Bonchev–Trinajstić information content (AvgIpc) is 3.68. The number of hydrogen-bond donors (Lipinski definition) is 3. The van der Waals surface area contributed by atoms with Crippen molar-refractivity contribution in [3.8, 4) is 0 Å². The molecule has 4 unspecified atom stereocenters. The Labute approximate surface area is 529 Å². The summed E-state index contributed by atoms with van der Waals surface area (Å²) in [4.78, 5) is 72.4. The highest BCUT2D eigenvalue weighted by Crippen LogP contribution is 2.45. The summed E-state index contributed by atoms with van der Waals surface area (Å²) >= 11 is 0. The van der Waals surface area contributed by atoms with E-state index < -0.39 is 97.5 Å². The highest BCUT2D eigenvalue weighted by atomic mass is 31.2. The van der Waals surface area contributed by atoms with Gasteiger partial charge < -0.3 is 33.8 Å². The van der Waals surface area contributed by atoms with Crippen LogP contribution in [0.2, 0.25) is 0 Å². The van der Waals surface area contributed by atoms with Gasteiger partial charge in [-0.15, -0.1) is 0 Å². The van der Waals surface area contributed by atoms with Crippen LogP contribution < -0.4 is 0 Å². The van der Waals surface area contributed by atoms with Gasteiger partial charge in [-0.25, -0.2) is 9.13 Å². The van der Waals surface area contributed by atoms with Crippen LogP contribution in [0.3, 0.4) is 0 Å². The number of allylic oxidation sites excluding steroid dienone is 4. The molecule has 87 heavy (non-hydrogen) atoms. The number of ether oxygens (including phenoxy) is 4. The van der Waals surface area contributed by atoms with E-state index in [0.717, 1.165) is 121 Å². The minimum Gasteiger partial charge on any atom is -0.462 e. The van der Waals surface area contributed by atoms with E-state index in [1.807, 2.05) is 0 Å². The van der Waals surface area contributed by atoms with Crippen LogP contribution in [-0.2, 0) is 65.4 Å². The first kappa shape index (κ1) is 84.5. The number of esters is 4. The first-order valence-electron chi connectivity index (χ1n) is 34.7. The quantitative estimate of drug-likeness (QED) is 0.0169. The lowest BCUT2D eigenvalue weighted by Gasteiger charge is -2.21. The van der Waals surface area contributed by atoms with E-state index in [9.17, 15) is 43.2 Å². The molecule has 0 rings (SSSR count). The van der Waals surface area contributed by atoms with E-state index in [1.165, 1.54) is 103 Å². The predicted molar refractivity (Wildman–Crippen MR) is 349 cm³/mol. The SMILES string of the molecule is CCCCCC/C=C\C=C/CCCCCCCC(=O)OC[C@H](COP(=O)(O)OCC(O)COP(=O)(O)OC[C@@H](COC(=O)CCCCCCCCCCC(C)C)OC(=O)CCCCCCCCCCC(C)CC)OC(=O)CCCCCCCCC(C)C. The molecular formula is C68H128O17P2. The zero-order chi connectivity index (χ0) is 64.5. The summed E-state index contributed by atoms with van der Waals surface area (Å²) in [6.07, 6.45) is 44.1. The van der Waals surface area contributed by atoms with E-state index >= 15 is 0 Å². The summed E-state index contributed by atoms with van der Waals surface area (Å²) in [5, 5.41) is 10.6. The number of rotatable bonds is 64. The Balaban J connectivity index is 5.26. The molecule has 0 saturated carbocycles. The van der Waals surface area contributed by atoms with Gasteiger partial charge in [0.2, 0.25) is 0 Å².